The van der Waals surface area contributed by atoms with E-state index in [2.05, 4.69) is 15.2 Å². The van der Waals surface area contributed by atoms with Gasteiger partial charge >= 0.3 is 6.16 Å². The van der Waals surface area contributed by atoms with Gasteiger partial charge in [0.25, 0.3) is 0 Å². The van der Waals surface area contributed by atoms with Crippen LogP contribution in [0.3, 0.4) is 0 Å². The molecule has 4 heterocycles. The summed E-state index contributed by atoms with van der Waals surface area (Å²) in [6.45, 7) is 0.303. The lowest BCUT2D eigenvalue weighted by atomic mass is 9.99. The zero-order chi connectivity index (χ0) is 30.3. The first-order chi connectivity index (χ1) is 20.0. The number of fused-ring (bicyclic) bond motifs is 1. The van der Waals surface area contributed by atoms with E-state index in [9.17, 15) is 34.4 Å². The first-order valence-electron chi connectivity index (χ1n) is 12.3. The molecule has 0 amide bonds. The van der Waals surface area contributed by atoms with Gasteiger partial charge in [-0.2, -0.15) is 5.10 Å². The number of aliphatic hydroxyl groups excluding tert-OH is 4. The minimum Gasteiger partial charge on any atom is -0.431 e. The van der Waals surface area contributed by atoms with Gasteiger partial charge in [-0.25, -0.2) is 13.9 Å². The molecular weight excluding hydrogens is 563 g/mol. The van der Waals surface area contributed by atoms with E-state index in [4.69, 9.17) is 30.2 Å². The fraction of sp³-hybridized carbons (Fsp3) is 0.320. The number of ketones is 1. The highest BCUT2D eigenvalue weighted by molar-refractivity contribution is 6.06. The monoisotopic (exact) mass is 588 g/mol. The number of carbonyl (C=O) groups is 2. The summed E-state index contributed by atoms with van der Waals surface area (Å²) in [5.74, 6) is -1.17. The molecule has 1 unspecified atom stereocenters. The minimum absolute atomic E-state index is 0.0224. The number of ether oxygens (including phenoxy) is 3. The smallest absolute Gasteiger partial charge is 0.431 e. The Balaban J connectivity index is 1.30. The van der Waals surface area contributed by atoms with Crippen molar-refractivity contribution in [2.45, 2.75) is 44.4 Å². The van der Waals surface area contributed by atoms with E-state index in [1.165, 1.54) is 36.3 Å². The van der Waals surface area contributed by atoms with E-state index >= 15 is 0 Å². The second-order valence-corrected chi connectivity index (χ2v) is 9.41. The Bertz CT molecular complexity index is 1660. The van der Waals surface area contributed by atoms with Gasteiger partial charge < -0.3 is 50.6 Å². The van der Waals surface area contributed by atoms with Crippen molar-refractivity contribution in [3.05, 3.63) is 42.1 Å². The van der Waals surface area contributed by atoms with Crippen molar-refractivity contribution in [1.29, 1.82) is 0 Å². The SMILES string of the molecule is CC(=O)c1cc(-c2ncc(-c3cnn(COC(=O)OC[C@H]4OC(O)[C@H](O)[C@@H](O)[C@@H]4O)c3)c3onc(N)c23)c(F)cc1N. The predicted octanol–water partition coefficient (Wildman–Crippen LogP) is 0.170. The van der Waals surface area contributed by atoms with Gasteiger partial charge in [0.1, 0.15) is 36.8 Å². The van der Waals surface area contributed by atoms with Gasteiger partial charge in [-0.1, -0.05) is 5.16 Å². The first-order valence-corrected chi connectivity index (χ1v) is 12.3. The molecule has 3 aromatic heterocycles. The van der Waals surface area contributed by atoms with Gasteiger partial charge in [-0.15, -0.1) is 0 Å². The molecule has 1 fully saturated rings. The highest BCUT2D eigenvalue weighted by Gasteiger charge is 2.43. The number of anilines is 2. The summed E-state index contributed by atoms with van der Waals surface area (Å²) in [6.07, 6.45) is -5.08. The topological polar surface area (TPSA) is 252 Å². The van der Waals surface area contributed by atoms with Gasteiger partial charge in [0, 0.05) is 40.3 Å². The number of pyridine rings is 1. The van der Waals surface area contributed by atoms with Crippen LogP contribution in [0.2, 0.25) is 0 Å². The number of nitrogens with two attached hydrogens (primary N) is 2. The number of aromatic nitrogens is 4. The summed E-state index contributed by atoms with van der Waals surface area (Å²) < 4.78 is 36.3. The second-order valence-electron chi connectivity index (χ2n) is 9.41. The van der Waals surface area contributed by atoms with Crippen molar-refractivity contribution in [2.75, 3.05) is 18.1 Å². The number of hydrogen-bond acceptors (Lipinski definition) is 15. The minimum atomic E-state index is -1.78. The maximum absolute atomic E-state index is 14.9. The summed E-state index contributed by atoms with van der Waals surface area (Å²) in [5.41, 5.74) is 12.9. The van der Waals surface area contributed by atoms with Gasteiger partial charge in [-0.3, -0.25) is 9.78 Å². The molecule has 1 aliphatic heterocycles. The van der Waals surface area contributed by atoms with Crippen LogP contribution in [0.15, 0.2) is 35.2 Å². The maximum atomic E-state index is 14.9. The van der Waals surface area contributed by atoms with Crippen LogP contribution in [0, 0.1) is 5.82 Å². The highest BCUT2D eigenvalue weighted by atomic mass is 19.1. The second kappa shape index (κ2) is 11.3. The largest absolute Gasteiger partial charge is 0.510 e. The molecule has 1 aromatic carbocycles. The average Bonchev–Trinajstić information content (AvgIpc) is 3.59. The normalized spacial score (nSPS) is 22.3. The molecule has 0 bridgehead atoms. The van der Waals surface area contributed by atoms with Crippen molar-refractivity contribution >= 4 is 34.4 Å². The summed E-state index contributed by atoms with van der Waals surface area (Å²) >= 11 is 0. The van der Waals surface area contributed by atoms with Crippen molar-refractivity contribution in [3.63, 3.8) is 0 Å². The number of nitrogens with zero attached hydrogens (tertiary/aromatic N) is 4. The highest BCUT2D eigenvalue weighted by Crippen LogP contribution is 2.38. The van der Waals surface area contributed by atoms with Crippen LogP contribution < -0.4 is 11.5 Å². The number of aliphatic hydroxyl groups is 4. The van der Waals surface area contributed by atoms with Crippen LogP contribution >= 0.6 is 0 Å². The molecule has 5 atom stereocenters. The van der Waals surface area contributed by atoms with Gasteiger partial charge in [-0.05, 0) is 19.1 Å². The standard InChI is InChI=1S/C25H25FN6O10/c1-9(33)11-2-12(14(26)3-15(11)27)18-17-22(42-31-23(17)28)13(5-29-18)10-4-30-32(6-10)8-40-25(38)39-7-16-19(34)20(35)21(36)24(37)41-16/h2-6,16,19-21,24,34-37H,7-8,27H2,1H3,(H2,28,31)/t16-,19-,20+,21-,24?/m1/s1. The van der Waals surface area contributed by atoms with E-state index in [0.29, 0.717) is 11.1 Å². The van der Waals surface area contributed by atoms with Crippen LogP contribution in [0.4, 0.5) is 20.7 Å². The maximum Gasteiger partial charge on any atom is 0.510 e. The molecule has 1 aliphatic rings. The fourth-order valence-corrected chi connectivity index (χ4v) is 4.40. The molecule has 0 spiro atoms. The summed E-state index contributed by atoms with van der Waals surface area (Å²) in [5, 5.41) is 46.8. The number of halogens is 1. The zero-order valence-corrected chi connectivity index (χ0v) is 21.7. The molecule has 222 valence electrons. The number of carbonyl (C=O) groups excluding carboxylic acids is 2. The van der Waals surface area contributed by atoms with Crippen molar-refractivity contribution in [1.82, 2.24) is 19.9 Å². The molecular formula is C25H25FN6O10. The summed E-state index contributed by atoms with van der Waals surface area (Å²) in [6, 6.07) is 2.30. The van der Waals surface area contributed by atoms with Gasteiger partial charge in [0.15, 0.2) is 30.2 Å². The van der Waals surface area contributed by atoms with Gasteiger partial charge in [0.05, 0.1) is 17.3 Å². The van der Waals surface area contributed by atoms with Crippen molar-refractivity contribution in [3.8, 4) is 22.4 Å². The Morgan fingerprint density at radius 3 is 2.57 bits per heavy atom. The van der Waals surface area contributed by atoms with Crippen molar-refractivity contribution in [2.24, 2.45) is 0 Å². The van der Waals surface area contributed by atoms with Gasteiger partial charge in [0.2, 0.25) is 0 Å². The summed E-state index contributed by atoms with van der Waals surface area (Å²) in [4.78, 5) is 28.3. The molecule has 1 saturated heterocycles. The van der Waals surface area contributed by atoms with E-state index in [0.717, 1.165) is 6.07 Å². The molecule has 42 heavy (non-hydrogen) atoms. The average molecular weight is 589 g/mol. The Hall–Kier alpha value is -4.68. The molecule has 17 heteroatoms. The van der Waals surface area contributed by atoms with E-state index in [1.807, 2.05) is 0 Å². The first kappa shape index (κ1) is 28.8. The molecule has 16 nitrogen and oxygen atoms in total. The molecule has 0 aliphatic carbocycles. The third-order valence-electron chi connectivity index (χ3n) is 6.61. The molecule has 0 saturated carbocycles. The zero-order valence-electron chi connectivity index (χ0n) is 21.7. The lowest BCUT2D eigenvalue weighted by Gasteiger charge is -2.37. The Labute approximate surface area is 234 Å². The molecule has 5 rings (SSSR count). The Morgan fingerprint density at radius 2 is 1.83 bits per heavy atom. The lowest BCUT2D eigenvalue weighted by Crippen LogP contribution is -2.58. The van der Waals surface area contributed by atoms with E-state index < -0.39 is 56.0 Å². The molecule has 4 aromatic rings. The molecule has 0 radical (unpaired) electrons. The van der Waals surface area contributed by atoms with Crippen LogP contribution in [0.1, 0.15) is 17.3 Å². The third kappa shape index (κ3) is 5.33. The Morgan fingerprint density at radius 1 is 1.07 bits per heavy atom. The summed E-state index contributed by atoms with van der Waals surface area (Å²) in [7, 11) is 0. The van der Waals surface area contributed by atoms with E-state index in [-0.39, 0.29) is 45.1 Å². The quantitative estimate of drug-likeness (QED) is 0.0956. The van der Waals surface area contributed by atoms with E-state index in [1.54, 1.807) is 0 Å². The van der Waals surface area contributed by atoms with Crippen LogP contribution in [0.25, 0.3) is 33.4 Å². The van der Waals surface area contributed by atoms with Crippen molar-refractivity contribution < 1.29 is 53.1 Å². The number of Topliss-reactive ketones (excluding diaryl/α,β-unsaturated/α-hetero) is 1. The third-order valence-corrected chi connectivity index (χ3v) is 6.61. The lowest BCUT2D eigenvalue weighted by molar-refractivity contribution is -0.287. The number of nitrogen functional groups attached to an aromatic ring is 2. The fourth-order valence-electron chi connectivity index (χ4n) is 4.40. The van der Waals surface area contributed by atoms with Crippen LogP contribution in [-0.4, -0.2) is 89.6 Å². The van der Waals surface area contributed by atoms with Crippen LogP contribution in [-0.2, 0) is 20.9 Å². The molecule has 8 N–H and O–H groups in total. The number of benzene rings is 1. The van der Waals surface area contributed by atoms with Crippen LogP contribution in [0.5, 0.6) is 0 Å². The predicted molar refractivity (Wildman–Crippen MR) is 139 cm³/mol. The number of rotatable bonds is 7. The number of hydrogen-bond donors (Lipinski definition) is 6. The Kier molecular flexibility index (Phi) is 7.76.